The molecule has 3 N–H and O–H groups in total. The van der Waals surface area contributed by atoms with Crippen molar-refractivity contribution < 1.29 is 4.74 Å². The standard InChI is InChI=1S/C12H26N4O/c1-10(2)8-11(9-15-12(13)14-3)16-4-6-17-7-5-16/h10-11H,4-9H2,1-3H3,(H3,13,14,15). The molecule has 1 unspecified atom stereocenters. The van der Waals surface area contributed by atoms with E-state index in [0.29, 0.717) is 17.9 Å². The highest BCUT2D eigenvalue weighted by Gasteiger charge is 2.21. The molecule has 0 aliphatic carbocycles. The van der Waals surface area contributed by atoms with E-state index in [0.717, 1.165) is 32.8 Å². The van der Waals surface area contributed by atoms with E-state index in [1.807, 2.05) is 0 Å². The first-order valence-electron chi connectivity index (χ1n) is 6.41. The molecule has 17 heavy (non-hydrogen) atoms. The molecule has 0 saturated carbocycles. The second-order valence-corrected chi connectivity index (χ2v) is 4.92. The molecule has 1 saturated heterocycles. The Morgan fingerprint density at radius 1 is 1.41 bits per heavy atom. The van der Waals surface area contributed by atoms with Crippen LogP contribution in [0.2, 0.25) is 0 Å². The van der Waals surface area contributed by atoms with Crippen molar-refractivity contribution >= 4 is 5.96 Å². The molecule has 1 atom stereocenters. The molecule has 1 rings (SSSR count). The summed E-state index contributed by atoms with van der Waals surface area (Å²) in [5.74, 6) is 1.21. The summed E-state index contributed by atoms with van der Waals surface area (Å²) in [6, 6.07) is 0.513. The minimum atomic E-state index is 0.513. The van der Waals surface area contributed by atoms with Crippen LogP contribution in [-0.4, -0.2) is 56.8 Å². The fraction of sp³-hybridized carbons (Fsp3) is 0.917. The first kappa shape index (κ1) is 14.3. The largest absolute Gasteiger partial charge is 0.379 e. The summed E-state index contributed by atoms with van der Waals surface area (Å²) in [5.41, 5.74) is 5.68. The Hall–Kier alpha value is -0.810. The zero-order chi connectivity index (χ0) is 12.7. The molecule has 100 valence electrons. The third-order valence-corrected chi connectivity index (χ3v) is 3.07. The highest BCUT2D eigenvalue weighted by molar-refractivity contribution is 5.77. The van der Waals surface area contributed by atoms with Crippen LogP contribution in [0.4, 0.5) is 0 Å². The third-order valence-electron chi connectivity index (χ3n) is 3.07. The van der Waals surface area contributed by atoms with Gasteiger partial charge in [0, 0.05) is 32.7 Å². The van der Waals surface area contributed by atoms with Crippen LogP contribution in [0.1, 0.15) is 20.3 Å². The van der Waals surface area contributed by atoms with Crippen LogP contribution in [0.5, 0.6) is 0 Å². The minimum Gasteiger partial charge on any atom is -0.379 e. The number of morpholine rings is 1. The topological polar surface area (TPSA) is 62.9 Å². The van der Waals surface area contributed by atoms with Crippen molar-refractivity contribution in [2.75, 3.05) is 39.9 Å². The number of aliphatic imine (C=N–C) groups is 1. The molecule has 0 spiro atoms. The molecule has 1 aliphatic rings. The maximum atomic E-state index is 5.68. The van der Waals surface area contributed by atoms with E-state index in [1.54, 1.807) is 7.05 Å². The lowest BCUT2D eigenvalue weighted by Crippen LogP contribution is -2.50. The fourth-order valence-corrected chi connectivity index (χ4v) is 2.15. The van der Waals surface area contributed by atoms with Crippen LogP contribution in [0, 0.1) is 5.92 Å². The summed E-state index contributed by atoms with van der Waals surface area (Å²) in [6.07, 6.45) is 1.17. The van der Waals surface area contributed by atoms with Crippen molar-refractivity contribution in [2.24, 2.45) is 16.6 Å². The molecular weight excluding hydrogens is 216 g/mol. The highest BCUT2D eigenvalue weighted by atomic mass is 16.5. The number of hydrogen-bond donors (Lipinski definition) is 2. The molecule has 0 amide bonds. The molecule has 0 aromatic rings. The Bertz CT molecular complexity index is 237. The lowest BCUT2D eigenvalue weighted by atomic mass is 10.0. The van der Waals surface area contributed by atoms with Crippen LogP contribution >= 0.6 is 0 Å². The Morgan fingerprint density at radius 2 is 2.06 bits per heavy atom. The zero-order valence-electron chi connectivity index (χ0n) is 11.3. The molecule has 1 fully saturated rings. The summed E-state index contributed by atoms with van der Waals surface area (Å²) in [5, 5.41) is 3.18. The maximum absolute atomic E-state index is 5.68. The summed E-state index contributed by atoms with van der Waals surface area (Å²) in [6.45, 7) is 9.08. The first-order valence-corrected chi connectivity index (χ1v) is 6.41. The second-order valence-electron chi connectivity index (χ2n) is 4.92. The van der Waals surface area contributed by atoms with Gasteiger partial charge in [-0.15, -0.1) is 0 Å². The van der Waals surface area contributed by atoms with Crippen LogP contribution in [-0.2, 0) is 4.74 Å². The van der Waals surface area contributed by atoms with Gasteiger partial charge in [-0.05, 0) is 12.3 Å². The number of ether oxygens (including phenoxy) is 1. The van der Waals surface area contributed by atoms with E-state index in [-0.39, 0.29) is 0 Å². The summed E-state index contributed by atoms with van der Waals surface area (Å²) in [7, 11) is 1.70. The maximum Gasteiger partial charge on any atom is 0.188 e. The zero-order valence-corrected chi connectivity index (χ0v) is 11.3. The summed E-state index contributed by atoms with van der Waals surface area (Å²) < 4.78 is 5.39. The average molecular weight is 242 g/mol. The van der Waals surface area contributed by atoms with Crippen molar-refractivity contribution in [2.45, 2.75) is 26.3 Å². The minimum absolute atomic E-state index is 0.513. The Labute approximate surface area is 104 Å². The van der Waals surface area contributed by atoms with Crippen molar-refractivity contribution in [1.29, 1.82) is 0 Å². The van der Waals surface area contributed by atoms with Gasteiger partial charge < -0.3 is 15.8 Å². The van der Waals surface area contributed by atoms with Gasteiger partial charge in [0.15, 0.2) is 5.96 Å². The van der Waals surface area contributed by atoms with E-state index in [9.17, 15) is 0 Å². The smallest absolute Gasteiger partial charge is 0.188 e. The Balaban J connectivity index is 2.46. The number of hydrogen-bond acceptors (Lipinski definition) is 3. The lowest BCUT2D eigenvalue weighted by molar-refractivity contribution is 0.0133. The van der Waals surface area contributed by atoms with Crippen LogP contribution < -0.4 is 11.1 Å². The SMILES string of the molecule is CN=C(N)NCC(CC(C)C)N1CCOCC1. The Morgan fingerprint density at radius 3 is 2.59 bits per heavy atom. The fourth-order valence-electron chi connectivity index (χ4n) is 2.15. The van der Waals surface area contributed by atoms with Gasteiger partial charge >= 0.3 is 0 Å². The molecule has 1 aliphatic heterocycles. The Kier molecular flexibility index (Phi) is 6.29. The third kappa shape index (κ3) is 5.37. The molecule has 0 bridgehead atoms. The van der Waals surface area contributed by atoms with Gasteiger partial charge in [-0.2, -0.15) is 0 Å². The highest BCUT2D eigenvalue weighted by Crippen LogP contribution is 2.12. The van der Waals surface area contributed by atoms with Crippen molar-refractivity contribution in [3.05, 3.63) is 0 Å². The van der Waals surface area contributed by atoms with E-state index < -0.39 is 0 Å². The predicted octanol–water partition coefficient (Wildman–Crippen LogP) is 0.267. The van der Waals surface area contributed by atoms with Gasteiger partial charge in [-0.25, -0.2) is 0 Å². The number of nitrogens with two attached hydrogens (primary N) is 1. The quantitative estimate of drug-likeness (QED) is 0.536. The van der Waals surface area contributed by atoms with E-state index >= 15 is 0 Å². The number of nitrogens with zero attached hydrogens (tertiary/aromatic N) is 2. The lowest BCUT2D eigenvalue weighted by Gasteiger charge is -2.35. The van der Waals surface area contributed by atoms with E-state index in [2.05, 4.69) is 29.1 Å². The van der Waals surface area contributed by atoms with Crippen molar-refractivity contribution in [1.82, 2.24) is 10.2 Å². The normalized spacial score (nSPS) is 20.6. The predicted molar refractivity (Wildman–Crippen MR) is 71.2 cm³/mol. The second kappa shape index (κ2) is 7.50. The molecule has 5 heteroatoms. The number of rotatable bonds is 5. The van der Waals surface area contributed by atoms with Gasteiger partial charge in [0.05, 0.1) is 13.2 Å². The first-order chi connectivity index (χ1) is 8.13. The molecule has 1 heterocycles. The van der Waals surface area contributed by atoms with Gasteiger partial charge in [-0.1, -0.05) is 13.8 Å². The molecule has 0 aromatic heterocycles. The average Bonchev–Trinajstić information content (AvgIpc) is 2.34. The molecule has 0 aromatic carbocycles. The van der Waals surface area contributed by atoms with Crippen LogP contribution in [0.3, 0.4) is 0 Å². The number of guanidine groups is 1. The van der Waals surface area contributed by atoms with Crippen molar-refractivity contribution in [3.8, 4) is 0 Å². The van der Waals surface area contributed by atoms with Gasteiger partial charge in [-0.3, -0.25) is 9.89 Å². The van der Waals surface area contributed by atoms with Gasteiger partial charge in [0.2, 0.25) is 0 Å². The van der Waals surface area contributed by atoms with E-state index in [4.69, 9.17) is 10.5 Å². The van der Waals surface area contributed by atoms with Gasteiger partial charge in [0.25, 0.3) is 0 Å². The molecule has 5 nitrogen and oxygen atoms in total. The van der Waals surface area contributed by atoms with Gasteiger partial charge in [0.1, 0.15) is 0 Å². The summed E-state index contributed by atoms with van der Waals surface area (Å²) >= 11 is 0. The van der Waals surface area contributed by atoms with Crippen LogP contribution in [0.15, 0.2) is 4.99 Å². The van der Waals surface area contributed by atoms with Crippen LogP contribution in [0.25, 0.3) is 0 Å². The summed E-state index contributed by atoms with van der Waals surface area (Å²) in [4.78, 5) is 6.41. The number of nitrogens with one attached hydrogen (secondary N) is 1. The van der Waals surface area contributed by atoms with E-state index in [1.165, 1.54) is 6.42 Å². The molecular formula is C12H26N4O. The monoisotopic (exact) mass is 242 g/mol. The molecule has 0 radical (unpaired) electrons. The van der Waals surface area contributed by atoms with Crippen molar-refractivity contribution in [3.63, 3.8) is 0 Å².